The van der Waals surface area contributed by atoms with Crippen molar-refractivity contribution < 1.29 is 13.6 Å². The third-order valence-corrected chi connectivity index (χ3v) is 6.78. The highest BCUT2D eigenvalue weighted by molar-refractivity contribution is 5.98. The Balaban J connectivity index is 1.73. The first-order valence-electron chi connectivity index (χ1n) is 7.82. The summed E-state index contributed by atoms with van der Waals surface area (Å²) in [5.41, 5.74) is 3.45. The number of benzene rings is 1. The molecule has 3 fully saturated rings. The maximum atomic E-state index is 14.0. The number of halogens is 2. The molecule has 2 bridgehead atoms. The van der Waals surface area contributed by atoms with Gasteiger partial charge in [0.15, 0.2) is 5.82 Å². The zero-order valence-electron chi connectivity index (χ0n) is 13.0. The van der Waals surface area contributed by atoms with Gasteiger partial charge >= 0.3 is 0 Å². The highest BCUT2D eigenvalue weighted by Crippen LogP contribution is 2.69. The van der Waals surface area contributed by atoms with Gasteiger partial charge in [-0.05, 0) is 41.7 Å². The largest absolute Gasteiger partial charge is 0.273 e. The number of rotatable bonds is 1. The van der Waals surface area contributed by atoms with Crippen LogP contribution in [-0.2, 0) is 4.79 Å². The number of nitrogens with zero attached hydrogens (tertiary/aromatic N) is 1. The van der Waals surface area contributed by atoms with Crippen molar-refractivity contribution in [3.8, 4) is 0 Å². The molecule has 1 aliphatic heterocycles. The number of hydrazine groups is 1. The minimum atomic E-state index is -0.711. The molecule has 118 valence electrons. The molecule has 1 aromatic carbocycles. The van der Waals surface area contributed by atoms with Crippen molar-refractivity contribution in [3.05, 3.63) is 29.8 Å². The number of fused-ring (bicyclic) bond motifs is 5. The molecule has 22 heavy (non-hydrogen) atoms. The number of hydrogen-bond donors (Lipinski definition) is 1. The lowest BCUT2D eigenvalue weighted by atomic mass is 9.69. The summed E-state index contributed by atoms with van der Waals surface area (Å²) in [6.45, 7) is 6.70. The Bertz CT molecular complexity index is 675. The second-order valence-corrected chi connectivity index (χ2v) is 7.69. The van der Waals surface area contributed by atoms with Crippen molar-refractivity contribution >= 4 is 11.6 Å². The van der Waals surface area contributed by atoms with Crippen LogP contribution in [0, 0.1) is 34.3 Å². The molecule has 0 spiro atoms. The second-order valence-electron chi connectivity index (χ2n) is 7.69. The van der Waals surface area contributed by atoms with E-state index in [1.807, 2.05) is 0 Å². The van der Waals surface area contributed by atoms with Gasteiger partial charge in [-0.2, -0.15) is 0 Å². The molecule has 1 heterocycles. The standard InChI is InChI=1S/C17H20F2N2O/c1-16(2)10-6-7-17(16,3)14-13(10)15(22)21(20-14)12-5-4-9(18)8-11(12)19/h4-5,8,10,13-14,20H,6-7H2,1-3H3/t10-,13?,14?,17+/m0/s1. The summed E-state index contributed by atoms with van der Waals surface area (Å²) in [5.74, 6) is -1.23. The molecule has 2 unspecified atom stereocenters. The Labute approximate surface area is 128 Å². The van der Waals surface area contributed by atoms with E-state index in [0.717, 1.165) is 18.9 Å². The average Bonchev–Trinajstić information content (AvgIpc) is 2.94. The number of hydrogen-bond acceptors (Lipinski definition) is 2. The Hall–Kier alpha value is -1.49. The summed E-state index contributed by atoms with van der Waals surface area (Å²) < 4.78 is 27.1. The average molecular weight is 306 g/mol. The van der Waals surface area contributed by atoms with Crippen molar-refractivity contribution in [2.45, 2.75) is 39.7 Å². The summed E-state index contributed by atoms with van der Waals surface area (Å²) in [5, 5.41) is 1.30. The summed E-state index contributed by atoms with van der Waals surface area (Å²) in [7, 11) is 0. The smallest absolute Gasteiger partial charge is 0.246 e. The summed E-state index contributed by atoms with van der Waals surface area (Å²) in [6, 6.07) is 3.35. The van der Waals surface area contributed by atoms with E-state index < -0.39 is 11.6 Å². The Morgan fingerprint density at radius 3 is 2.64 bits per heavy atom. The Morgan fingerprint density at radius 2 is 2.00 bits per heavy atom. The molecular formula is C17H20F2N2O. The fourth-order valence-electron chi connectivity index (χ4n) is 5.12. The normalized spacial score (nSPS) is 38.7. The maximum absolute atomic E-state index is 14.0. The SMILES string of the molecule is CC1(C)[C@H]2CC[C@]1(C)C1NN(c3ccc(F)cc3F)C(=O)C12. The third-order valence-electron chi connectivity index (χ3n) is 6.78. The molecule has 0 radical (unpaired) electrons. The molecule has 1 saturated heterocycles. The van der Waals surface area contributed by atoms with Crippen LogP contribution in [0.4, 0.5) is 14.5 Å². The first kappa shape index (κ1) is 14.1. The molecule has 3 nitrogen and oxygen atoms in total. The number of anilines is 1. The molecule has 0 aromatic heterocycles. The van der Waals surface area contributed by atoms with Crippen molar-refractivity contribution in [3.63, 3.8) is 0 Å². The summed E-state index contributed by atoms with van der Waals surface area (Å²) in [6.07, 6.45) is 2.11. The number of amides is 1. The first-order chi connectivity index (χ1) is 10.3. The van der Waals surface area contributed by atoms with E-state index in [-0.39, 0.29) is 34.4 Å². The Morgan fingerprint density at radius 1 is 1.27 bits per heavy atom. The van der Waals surface area contributed by atoms with Crippen molar-refractivity contribution in [1.82, 2.24) is 5.43 Å². The molecule has 3 aliphatic rings. The zero-order chi connectivity index (χ0) is 15.9. The molecule has 1 amide bonds. The van der Waals surface area contributed by atoms with Gasteiger partial charge < -0.3 is 0 Å². The van der Waals surface area contributed by atoms with Crippen LogP contribution in [0.3, 0.4) is 0 Å². The van der Waals surface area contributed by atoms with Crippen molar-refractivity contribution in [2.75, 3.05) is 5.01 Å². The number of nitrogens with one attached hydrogen (secondary N) is 1. The van der Waals surface area contributed by atoms with Crippen LogP contribution in [0.25, 0.3) is 0 Å². The number of carbonyl (C=O) groups excluding carboxylic acids is 1. The van der Waals surface area contributed by atoms with Crippen LogP contribution in [0.15, 0.2) is 18.2 Å². The van der Waals surface area contributed by atoms with Crippen LogP contribution < -0.4 is 10.4 Å². The van der Waals surface area contributed by atoms with E-state index in [4.69, 9.17) is 0 Å². The van der Waals surface area contributed by atoms with Gasteiger partial charge in [0.25, 0.3) is 0 Å². The quantitative estimate of drug-likeness (QED) is 0.864. The monoisotopic (exact) mass is 306 g/mol. The molecule has 2 aliphatic carbocycles. The minimum Gasteiger partial charge on any atom is -0.273 e. The first-order valence-corrected chi connectivity index (χ1v) is 7.82. The second kappa shape index (κ2) is 4.07. The fourth-order valence-corrected chi connectivity index (χ4v) is 5.12. The lowest BCUT2D eigenvalue weighted by Gasteiger charge is -2.39. The fraction of sp³-hybridized carbons (Fsp3) is 0.588. The molecule has 4 atom stereocenters. The van der Waals surface area contributed by atoms with Crippen LogP contribution in [0.1, 0.15) is 33.6 Å². The lowest BCUT2D eigenvalue weighted by molar-refractivity contribution is -0.122. The third kappa shape index (κ3) is 1.45. The zero-order valence-corrected chi connectivity index (χ0v) is 13.0. The molecule has 1 aromatic rings. The van der Waals surface area contributed by atoms with Gasteiger partial charge in [-0.15, -0.1) is 0 Å². The van der Waals surface area contributed by atoms with Crippen molar-refractivity contribution in [1.29, 1.82) is 0 Å². The molecule has 4 rings (SSSR count). The number of carbonyl (C=O) groups is 1. The van der Waals surface area contributed by atoms with Gasteiger partial charge in [0.2, 0.25) is 5.91 Å². The Kier molecular flexibility index (Phi) is 2.62. The van der Waals surface area contributed by atoms with E-state index in [2.05, 4.69) is 26.2 Å². The van der Waals surface area contributed by atoms with Crippen LogP contribution in [0.5, 0.6) is 0 Å². The molecule has 2 saturated carbocycles. The van der Waals surface area contributed by atoms with E-state index >= 15 is 0 Å². The van der Waals surface area contributed by atoms with E-state index in [1.54, 1.807) is 0 Å². The predicted molar refractivity (Wildman–Crippen MR) is 78.9 cm³/mol. The molecule has 5 heteroatoms. The predicted octanol–water partition coefficient (Wildman–Crippen LogP) is 3.26. The van der Waals surface area contributed by atoms with Crippen LogP contribution in [0.2, 0.25) is 0 Å². The topological polar surface area (TPSA) is 32.3 Å². The van der Waals surface area contributed by atoms with E-state index in [0.29, 0.717) is 5.92 Å². The molecular weight excluding hydrogens is 286 g/mol. The van der Waals surface area contributed by atoms with E-state index in [1.165, 1.54) is 17.1 Å². The van der Waals surface area contributed by atoms with Gasteiger partial charge in [-0.25, -0.2) is 19.2 Å². The lowest BCUT2D eigenvalue weighted by Crippen LogP contribution is -2.47. The highest BCUT2D eigenvalue weighted by Gasteiger charge is 2.70. The molecule has 1 N–H and O–H groups in total. The van der Waals surface area contributed by atoms with Crippen molar-refractivity contribution in [2.24, 2.45) is 22.7 Å². The van der Waals surface area contributed by atoms with Gasteiger partial charge in [0, 0.05) is 12.1 Å². The van der Waals surface area contributed by atoms with Gasteiger partial charge in [0.05, 0.1) is 11.6 Å². The van der Waals surface area contributed by atoms with E-state index in [9.17, 15) is 13.6 Å². The summed E-state index contributed by atoms with van der Waals surface area (Å²) in [4.78, 5) is 12.8. The highest BCUT2D eigenvalue weighted by atomic mass is 19.1. The van der Waals surface area contributed by atoms with Gasteiger partial charge in [-0.1, -0.05) is 20.8 Å². The maximum Gasteiger partial charge on any atom is 0.246 e. The minimum absolute atomic E-state index is 0.0171. The van der Waals surface area contributed by atoms with Crippen LogP contribution in [-0.4, -0.2) is 11.9 Å². The van der Waals surface area contributed by atoms with Gasteiger partial charge in [-0.3, -0.25) is 4.79 Å². The summed E-state index contributed by atoms with van der Waals surface area (Å²) >= 11 is 0. The van der Waals surface area contributed by atoms with Gasteiger partial charge in [0.1, 0.15) is 5.82 Å². The van der Waals surface area contributed by atoms with Crippen LogP contribution >= 0.6 is 0 Å².